The molecule has 0 unspecified atom stereocenters. The number of anilines is 1. The molecule has 6 heteroatoms. The zero-order valence-electron chi connectivity index (χ0n) is 17.2. The number of aryl methyl sites for hydroxylation is 2. The fraction of sp³-hybridized carbons (Fsp3) is 0.409. The Bertz CT molecular complexity index is 963. The van der Waals surface area contributed by atoms with Crippen molar-refractivity contribution in [2.45, 2.75) is 40.0 Å². The highest BCUT2D eigenvalue weighted by molar-refractivity contribution is 5.90. The standard InChI is InChI=1S/C22H29N5O/c1-5-6-12-26(4)13-11-22(28)24-21-15-17(3)25-27(21)20-14-16(2)18-9-7-8-10-19(18)23-20/h7-10,14-15H,5-6,11-13H2,1-4H3,(H,24,28). The molecule has 0 radical (unpaired) electrons. The number of para-hydroxylation sites is 1. The predicted molar refractivity (Wildman–Crippen MR) is 114 cm³/mol. The Hall–Kier alpha value is -2.73. The van der Waals surface area contributed by atoms with Crippen molar-refractivity contribution < 1.29 is 4.79 Å². The van der Waals surface area contributed by atoms with Crippen LogP contribution in [-0.4, -0.2) is 45.7 Å². The summed E-state index contributed by atoms with van der Waals surface area (Å²) in [5.74, 6) is 1.35. The molecule has 0 aliphatic rings. The fourth-order valence-electron chi connectivity index (χ4n) is 3.24. The monoisotopic (exact) mass is 379 g/mol. The average molecular weight is 380 g/mol. The summed E-state index contributed by atoms with van der Waals surface area (Å²) in [5.41, 5.74) is 2.88. The van der Waals surface area contributed by atoms with E-state index in [4.69, 9.17) is 4.98 Å². The Labute approximate surface area is 166 Å². The van der Waals surface area contributed by atoms with Gasteiger partial charge in [-0.15, -0.1) is 0 Å². The summed E-state index contributed by atoms with van der Waals surface area (Å²) < 4.78 is 1.72. The smallest absolute Gasteiger partial charge is 0.226 e. The molecular weight excluding hydrogens is 350 g/mol. The van der Waals surface area contributed by atoms with Crippen LogP contribution in [-0.2, 0) is 4.79 Å². The maximum Gasteiger partial charge on any atom is 0.226 e. The van der Waals surface area contributed by atoms with Crippen LogP contribution in [0, 0.1) is 13.8 Å². The van der Waals surface area contributed by atoms with Crippen LogP contribution >= 0.6 is 0 Å². The lowest BCUT2D eigenvalue weighted by Gasteiger charge is -2.16. The Morgan fingerprint density at radius 2 is 1.96 bits per heavy atom. The van der Waals surface area contributed by atoms with Crippen molar-refractivity contribution in [2.24, 2.45) is 0 Å². The molecule has 1 amide bonds. The molecule has 0 bridgehead atoms. The second kappa shape index (κ2) is 8.97. The zero-order chi connectivity index (χ0) is 20.1. The van der Waals surface area contributed by atoms with Crippen LogP contribution in [0.3, 0.4) is 0 Å². The van der Waals surface area contributed by atoms with E-state index in [2.05, 4.69) is 42.3 Å². The van der Waals surface area contributed by atoms with Crippen molar-refractivity contribution in [1.29, 1.82) is 0 Å². The number of rotatable bonds is 8. The normalized spacial score (nSPS) is 11.3. The van der Waals surface area contributed by atoms with Gasteiger partial charge in [0.15, 0.2) is 5.82 Å². The van der Waals surface area contributed by atoms with Gasteiger partial charge in [0.2, 0.25) is 5.91 Å². The van der Waals surface area contributed by atoms with Crippen molar-refractivity contribution in [3.63, 3.8) is 0 Å². The van der Waals surface area contributed by atoms with Gasteiger partial charge in [-0.1, -0.05) is 31.5 Å². The fourth-order valence-corrected chi connectivity index (χ4v) is 3.24. The van der Waals surface area contributed by atoms with Crippen LogP contribution in [0.15, 0.2) is 36.4 Å². The molecule has 3 aromatic rings. The first kappa shape index (κ1) is 20.0. The lowest BCUT2D eigenvalue weighted by molar-refractivity contribution is -0.116. The minimum Gasteiger partial charge on any atom is -0.310 e. The van der Waals surface area contributed by atoms with Gasteiger partial charge in [-0.25, -0.2) is 4.98 Å². The molecule has 0 spiro atoms. The summed E-state index contributed by atoms with van der Waals surface area (Å²) in [4.78, 5) is 19.4. The highest BCUT2D eigenvalue weighted by Gasteiger charge is 2.14. The molecule has 0 aliphatic heterocycles. The number of fused-ring (bicyclic) bond motifs is 1. The van der Waals surface area contributed by atoms with E-state index in [1.807, 2.05) is 37.3 Å². The first-order valence-corrected chi connectivity index (χ1v) is 9.89. The van der Waals surface area contributed by atoms with Crippen LogP contribution in [0.2, 0.25) is 0 Å². The summed E-state index contributed by atoms with van der Waals surface area (Å²) in [6.07, 6.45) is 2.76. The minimum atomic E-state index is -0.0120. The molecule has 0 saturated carbocycles. The van der Waals surface area contributed by atoms with Gasteiger partial charge < -0.3 is 10.2 Å². The van der Waals surface area contributed by atoms with E-state index in [0.29, 0.717) is 18.1 Å². The Morgan fingerprint density at radius 1 is 1.18 bits per heavy atom. The summed E-state index contributed by atoms with van der Waals surface area (Å²) in [7, 11) is 2.05. The van der Waals surface area contributed by atoms with E-state index < -0.39 is 0 Å². The first-order valence-electron chi connectivity index (χ1n) is 9.89. The second-order valence-electron chi connectivity index (χ2n) is 7.35. The number of unbranched alkanes of at least 4 members (excludes halogenated alkanes) is 1. The molecule has 148 valence electrons. The Balaban J connectivity index is 1.77. The largest absolute Gasteiger partial charge is 0.310 e. The molecule has 1 N–H and O–H groups in total. The number of nitrogens with one attached hydrogen (secondary N) is 1. The molecule has 28 heavy (non-hydrogen) atoms. The molecule has 3 rings (SSSR count). The molecule has 2 aromatic heterocycles. The highest BCUT2D eigenvalue weighted by Crippen LogP contribution is 2.22. The van der Waals surface area contributed by atoms with Crippen molar-refractivity contribution >= 4 is 22.6 Å². The third kappa shape index (κ3) is 4.75. The lowest BCUT2D eigenvalue weighted by atomic mass is 10.1. The molecule has 0 fully saturated rings. The summed E-state index contributed by atoms with van der Waals surface area (Å²) in [6, 6.07) is 11.9. The Morgan fingerprint density at radius 3 is 2.75 bits per heavy atom. The van der Waals surface area contributed by atoms with Gasteiger partial charge in [-0.2, -0.15) is 9.78 Å². The van der Waals surface area contributed by atoms with Gasteiger partial charge in [-0.3, -0.25) is 4.79 Å². The quantitative estimate of drug-likeness (QED) is 0.640. The number of carbonyl (C=O) groups excluding carboxylic acids is 1. The molecule has 0 aliphatic carbocycles. The SMILES string of the molecule is CCCCN(C)CCC(=O)Nc1cc(C)nn1-c1cc(C)c2ccccc2n1. The van der Waals surface area contributed by atoms with Crippen molar-refractivity contribution in [3.8, 4) is 5.82 Å². The molecule has 0 atom stereocenters. The molecule has 6 nitrogen and oxygen atoms in total. The van der Waals surface area contributed by atoms with E-state index in [1.54, 1.807) is 4.68 Å². The number of amides is 1. The maximum atomic E-state index is 12.5. The van der Waals surface area contributed by atoms with Gasteiger partial charge in [0.05, 0.1) is 11.2 Å². The first-order chi connectivity index (χ1) is 13.5. The summed E-state index contributed by atoms with van der Waals surface area (Å²) in [6.45, 7) is 7.91. The summed E-state index contributed by atoms with van der Waals surface area (Å²) in [5, 5.41) is 8.67. The Kier molecular flexibility index (Phi) is 6.41. The average Bonchev–Trinajstić information content (AvgIpc) is 3.04. The number of aromatic nitrogens is 3. The number of carbonyl (C=O) groups is 1. The lowest BCUT2D eigenvalue weighted by Crippen LogP contribution is -2.25. The van der Waals surface area contributed by atoms with E-state index >= 15 is 0 Å². The number of hydrogen-bond acceptors (Lipinski definition) is 4. The number of pyridine rings is 1. The molecule has 0 saturated heterocycles. The van der Waals surface area contributed by atoms with E-state index in [0.717, 1.165) is 48.1 Å². The van der Waals surface area contributed by atoms with Crippen LogP contribution in [0.5, 0.6) is 0 Å². The van der Waals surface area contributed by atoms with Crippen molar-refractivity contribution in [3.05, 3.63) is 47.7 Å². The topological polar surface area (TPSA) is 63.1 Å². The van der Waals surface area contributed by atoms with Gasteiger partial charge in [0, 0.05) is 24.4 Å². The van der Waals surface area contributed by atoms with Crippen LogP contribution in [0.25, 0.3) is 16.7 Å². The third-order valence-corrected chi connectivity index (χ3v) is 4.84. The molecular formula is C22H29N5O. The van der Waals surface area contributed by atoms with Gasteiger partial charge >= 0.3 is 0 Å². The van der Waals surface area contributed by atoms with Gasteiger partial charge in [0.1, 0.15) is 5.82 Å². The number of benzene rings is 1. The predicted octanol–water partition coefficient (Wildman–Crippen LogP) is 4.10. The van der Waals surface area contributed by atoms with Crippen molar-refractivity contribution in [2.75, 3.05) is 25.5 Å². The number of nitrogens with zero attached hydrogens (tertiary/aromatic N) is 4. The van der Waals surface area contributed by atoms with Crippen LogP contribution in [0.4, 0.5) is 5.82 Å². The van der Waals surface area contributed by atoms with Crippen LogP contribution < -0.4 is 5.32 Å². The van der Waals surface area contributed by atoms with E-state index in [9.17, 15) is 4.79 Å². The van der Waals surface area contributed by atoms with Gasteiger partial charge in [-0.05, 0) is 51.6 Å². The zero-order valence-corrected chi connectivity index (χ0v) is 17.2. The van der Waals surface area contributed by atoms with E-state index in [1.165, 1.54) is 0 Å². The van der Waals surface area contributed by atoms with E-state index in [-0.39, 0.29) is 5.91 Å². The maximum absolute atomic E-state index is 12.5. The summed E-state index contributed by atoms with van der Waals surface area (Å²) >= 11 is 0. The highest BCUT2D eigenvalue weighted by atomic mass is 16.1. The third-order valence-electron chi connectivity index (χ3n) is 4.84. The second-order valence-corrected chi connectivity index (χ2v) is 7.35. The van der Waals surface area contributed by atoms with Crippen molar-refractivity contribution in [1.82, 2.24) is 19.7 Å². The molecule has 2 heterocycles. The van der Waals surface area contributed by atoms with Gasteiger partial charge in [0.25, 0.3) is 0 Å². The molecule has 1 aromatic carbocycles. The van der Waals surface area contributed by atoms with Crippen LogP contribution in [0.1, 0.15) is 37.4 Å². The number of hydrogen-bond donors (Lipinski definition) is 1. The minimum absolute atomic E-state index is 0.0120.